The molecule has 1 amide bonds. The van der Waals surface area contributed by atoms with Crippen LogP contribution in [-0.4, -0.2) is 35.0 Å². The van der Waals surface area contributed by atoms with Crippen molar-refractivity contribution in [1.82, 2.24) is 9.97 Å². The smallest absolute Gasteiger partial charge is 0.274 e. The summed E-state index contributed by atoms with van der Waals surface area (Å²) in [4.78, 5) is 23.8. The summed E-state index contributed by atoms with van der Waals surface area (Å²) >= 11 is 0. The van der Waals surface area contributed by atoms with Gasteiger partial charge in [-0.1, -0.05) is 6.92 Å². The number of nitrogens with one attached hydrogen (secondary N) is 2. The lowest BCUT2D eigenvalue weighted by Crippen LogP contribution is -2.29. The van der Waals surface area contributed by atoms with Gasteiger partial charge in [-0.25, -0.2) is 9.97 Å². The van der Waals surface area contributed by atoms with Crippen LogP contribution in [0.2, 0.25) is 0 Å². The van der Waals surface area contributed by atoms with Crippen molar-refractivity contribution >= 4 is 23.2 Å². The number of carbonyl (C=O) groups excluding carboxylic acids is 1. The molecule has 2 N–H and O–H groups in total. The highest BCUT2D eigenvalue weighted by Gasteiger charge is 2.13. The van der Waals surface area contributed by atoms with Crippen LogP contribution in [0.1, 0.15) is 55.7 Å². The number of benzene rings is 1. The Hall–Kier alpha value is -2.63. The standard InChI is InChI=1S/C21H29N5O/c1-4-15(2)22-21-23-16(3)14-19(25-21)20(27)24-17-8-10-18(11-9-17)26-12-6-5-7-13-26/h8-11,14-15H,4-7,12-13H2,1-3H3,(H,24,27)(H,22,23,25). The van der Waals surface area contributed by atoms with Crippen LogP contribution in [0.3, 0.4) is 0 Å². The quantitative estimate of drug-likeness (QED) is 0.799. The van der Waals surface area contributed by atoms with Gasteiger partial charge < -0.3 is 15.5 Å². The van der Waals surface area contributed by atoms with Gasteiger partial charge in [-0.05, 0) is 69.9 Å². The molecule has 1 aromatic carbocycles. The van der Waals surface area contributed by atoms with E-state index in [4.69, 9.17) is 0 Å². The summed E-state index contributed by atoms with van der Waals surface area (Å²) in [5.41, 5.74) is 3.12. The molecule has 27 heavy (non-hydrogen) atoms. The summed E-state index contributed by atoms with van der Waals surface area (Å²) in [5, 5.41) is 6.16. The van der Waals surface area contributed by atoms with Crippen LogP contribution in [0, 0.1) is 6.92 Å². The van der Waals surface area contributed by atoms with Gasteiger partial charge in [-0.15, -0.1) is 0 Å². The van der Waals surface area contributed by atoms with Crippen LogP contribution in [0.4, 0.5) is 17.3 Å². The monoisotopic (exact) mass is 367 g/mol. The molecular formula is C21H29N5O. The summed E-state index contributed by atoms with van der Waals surface area (Å²) in [6.07, 6.45) is 4.77. The van der Waals surface area contributed by atoms with Crippen LogP contribution in [0.25, 0.3) is 0 Å². The fourth-order valence-electron chi connectivity index (χ4n) is 3.17. The minimum atomic E-state index is -0.224. The number of carbonyl (C=O) groups is 1. The third kappa shape index (κ3) is 5.18. The topological polar surface area (TPSA) is 70.2 Å². The molecule has 3 rings (SSSR count). The van der Waals surface area contributed by atoms with E-state index in [1.54, 1.807) is 6.07 Å². The summed E-state index contributed by atoms with van der Waals surface area (Å²) in [6, 6.07) is 10.0. The molecule has 1 fully saturated rings. The minimum Gasteiger partial charge on any atom is -0.372 e. The molecule has 1 unspecified atom stereocenters. The predicted molar refractivity (Wildman–Crippen MR) is 111 cm³/mol. The molecule has 0 bridgehead atoms. The van der Waals surface area contributed by atoms with Gasteiger partial charge in [0.25, 0.3) is 5.91 Å². The van der Waals surface area contributed by atoms with E-state index in [2.05, 4.69) is 51.5 Å². The van der Waals surface area contributed by atoms with Gasteiger partial charge in [0.2, 0.25) is 5.95 Å². The van der Waals surface area contributed by atoms with Gasteiger partial charge in [-0.3, -0.25) is 4.79 Å². The molecule has 2 heterocycles. The van der Waals surface area contributed by atoms with Crippen molar-refractivity contribution in [1.29, 1.82) is 0 Å². The van der Waals surface area contributed by atoms with Gasteiger partial charge in [0.15, 0.2) is 0 Å². The van der Waals surface area contributed by atoms with Crippen LogP contribution in [-0.2, 0) is 0 Å². The van der Waals surface area contributed by atoms with E-state index in [9.17, 15) is 4.79 Å². The molecule has 2 aromatic rings. The van der Waals surface area contributed by atoms with Gasteiger partial charge in [0.05, 0.1) is 0 Å². The number of rotatable bonds is 6. The van der Waals surface area contributed by atoms with Crippen molar-refractivity contribution in [3.63, 3.8) is 0 Å². The average molecular weight is 367 g/mol. The number of aromatic nitrogens is 2. The van der Waals surface area contributed by atoms with Crippen molar-refractivity contribution in [3.8, 4) is 0 Å². The van der Waals surface area contributed by atoms with E-state index in [0.717, 1.165) is 30.9 Å². The maximum Gasteiger partial charge on any atom is 0.274 e. The molecule has 1 aliphatic heterocycles. The first-order valence-electron chi connectivity index (χ1n) is 9.83. The van der Waals surface area contributed by atoms with Crippen molar-refractivity contribution in [2.24, 2.45) is 0 Å². The zero-order valence-corrected chi connectivity index (χ0v) is 16.5. The fourth-order valence-corrected chi connectivity index (χ4v) is 3.17. The highest BCUT2D eigenvalue weighted by atomic mass is 16.1. The fraction of sp³-hybridized carbons (Fsp3) is 0.476. The first-order valence-corrected chi connectivity index (χ1v) is 9.83. The predicted octanol–water partition coefficient (Wildman–Crippen LogP) is 4.24. The van der Waals surface area contributed by atoms with Gasteiger partial charge in [0, 0.05) is 36.2 Å². The lowest BCUT2D eigenvalue weighted by atomic mass is 10.1. The average Bonchev–Trinajstić information content (AvgIpc) is 2.68. The van der Waals surface area contributed by atoms with Crippen LogP contribution in [0.5, 0.6) is 0 Å². The number of anilines is 3. The van der Waals surface area contributed by atoms with Crippen molar-refractivity contribution in [3.05, 3.63) is 41.7 Å². The zero-order chi connectivity index (χ0) is 19.2. The Morgan fingerprint density at radius 3 is 2.52 bits per heavy atom. The van der Waals surface area contributed by atoms with Crippen LogP contribution >= 0.6 is 0 Å². The minimum absolute atomic E-state index is 0.224. The first kappa shape index (κ1) is 19.1. The second kappa shape index (κ2) is 8.84. The lowest BCUT2D eigenvalue weighted by Gasteiger charge is -2.28. The third-order valence-corrected chi connectivity index (χ3v) is 4.92. The highest BCUT2D eigenvalue weighted by molar-refractivity contribution is 6.03. The molecule has 0 spiro atoms. The van der Waals surface area contributed by atoms with Crippen molar-refractivity contribution in [2.75, 3.05) is 28.6 Å². The van der Waals surface area contributed by atoms with Crippen molar-refractivity contribution in [2.45, 2.75) is 52.5 Å². The molecule has 0 radical (unpaired) electrons. The van der Waals surface area contributed by atoms with Gasteiger partial charge in [-0.2, -0.15) is 0 Å². The van der Waals surface area contributed by atoms with Crippen LogP contribution < -0.4 is 15.5 Å². The number of nitrogens with zero attached hydrogens (tertiary/aromatic N) is 3. The summed E-state index contributed by atoms with van der Waals surface area (Å²) < 4.78 is 0. The Bertz CT molecular complexity index is 769. The molecule has 0 aliphatic carbocycles. The highest BCUT2D eigenvalue weighted by Crippen LogP contribution is 2.22. The third-order valence-electron chi connectivity index (χ3n) is 4.92. The molecule has 0 saturated carbocycles. The summed E-state index contributed by atoms with van der Waals surface area (Å²) in [5.74, 6) is 0.272. The molecule has 1 atom stereocenters. The van der Waals surface area contributed by atoms with Crippen molar-refractivity contribution < 1.29 is 4.79 Å². The largest absolute Gasteiger partial charge is 0.372 e. The molecule has 1 saturated heterocycles. The van der Waals surface area contributed by atoms with Crippen LogP contribution in [0.15, 0.2) is 30.3 Å². The second-order valence-electron chi connectivity index (χ2n) is 7.22. The normalized spacial score (nSPS) is 15.3. The SMILES string of the molecule is CCC(C)Nc1nc(C)cc(C(=O)Nc2ccc(N3CCCCC3)cc2)n1. The van der Waals surface area contributed by atoms with Gasteiger partial charge >= 0.3 is 0 Å². The van der Waals surface area contributed by atoms with E-state index in [1.807, 2.05) is 19.1 Å². The zero-order valence-electron chi connectivity index (χ0n) is 16.5. The molecule has 1 aliphatic rings. The van der Waals surface area contributed by atoms with E-state index in [0.29, 0.717) is 11.6 Å². The maximum atomic E-state index is 12.6. The number of aryl methyl sites for hydroxylation is 1. The summed E-state index contributed by atoms with van der Waals surface area (Å²) in [7, 11) is 0. The molecule has 6 nitrogen and oxygen atoms in total. The Balaban J connectivity index is 1.67. The molecule has 1 aromatic heterocycles. The number of amides is 1. The van der Waals surface area contributed by atoms with E-state index in [1.165, 1.54) is 24.9 Å². The molecular weight excluding hydrogens is 338 g/mol. The Morgan fingerprint density at radius 1 is 1.15 bits per heavy atom. The second-order valence-corrected chi connectivity index (χ2v) is 7.22. The number of hydrogen-bond acceptors (Lipinski definition) is 5. The summed E-state index contributed by atoms with van der Waals surface area (Å²) in [6.45, 7) is 8.24. The maximum absolute atomic E-state index is 12.6. The Labute approximate surface area is 161 Å². The first-order chi connectivity index (χ1) is 13.0. The number of piperidine rings is 1. The van der Waals surface area contributed by atoms with E-state index in [-0.39, 0.29) is 11.9 Å². The molecule has 144 valence electrons. The Kier molecular flexibility index (Phi) is 6.27. The van der Waals surface area contributed by atoms with E-state index >= 15 is 0 Å². The molecule has 6 heteroatoms. The van der Waals surface area contributed by atoms with Gasteiger partial charge in [0.1, 0.15) is 5.69 Å². The van der Waals surface area contributed by atoms with E-state index < -0.39 is 0 Å². The number of hydrogen-bond donors (Lipinski definition) is 2. The lowest BCUT2D eigenvalue weighted by molar-refractivity contribution is 0.102. The Morgan fingerprint density at radius 2 is 1.85 bits per heavy atom.